The lowest BCUT2D eigenvalue weighted by molar-refractivity contribution is -0.139. The Morgan fingerprint density at radius 3 is 2.42 bits per heavy atom. The number of anilines is 1. The molecule has 2 amide bonds. The van der Waals surface area contributed by atoms with Crippen LogP contribution in [0.1, 0.15) is 37.8 Å². The summed E-state index contributed by atoms with van der Waals surface area (Å²) in [5, 5.41) is 2.82. The lowest BCUT2D eigenvalue weighted by Crippen LogP contribution is -2.51. The second kappa shape index (κ2) is 11.8. The molecule has 7 nitrogen and oxygen atoms in total. The molecule has 0 unspecified atom stereocenters. The zero-order valence-corrected chi connectivity index (χ0v) is 20.4. The number of nitrogens with zero attached hydrogens (tertiary/aromatic N) is 2. The molecular formula is C24H32FN3O4S. The third-order valence-electron chi connectivity index (χ3n) is 5.21. The molecule has 1 N–H and O–H groups in total. The summed E-state index contributed by atoms with van der Waals surface area (Å²) < 4.78 is 39.5. The van der Waals surface area contributed by atoms with Crippen molar-refractivity contribution < 1.29 is 22.4 Å². The van der Waals surface area contributed by atoms with Crippen LogP contribution in [0.5, 0.6) is 0 Å². The topological polar surface area (TPSA) is 86.8 Å². The highest BCUT2D eigenvalue weighted by Crippen LogP contribution is 2.20. The van der Waals surface area contributed by atoms with Crippen LogP contribution >= 0.6 is 0 Å². The molecule has 0 radical (unpaired) electrons. The highest BCUT2D eigenvalue weighted by atomic mass is 32.2. The normalized spacial score (nSPS) is 12.2. The van der Waals surface area contributed by atoms with Crippen molar-refractivity contribution in [3.63, 3.8) is 0 Å². The second-order valence-corrected chi connectivity index (χ2v) is 9.99. The van der Waals surface area contributed by atoms with Gasteiger partial charge in [-0.15, -0.1) is 0 Å². The number of halogens is 1. The Morgan fingerprint density at radius 1 is 1.12 bits per heavy atom. The minimum absolute atomic E-state index is 0.0430. The summed E-state index contributed by atoms with van der Waals surface area (Å²) in [5.41, 5.74) is 1.85. The lowest BCUT2D eigenvalue weighted by Gasteiger charge is -2.31. The first-order valence-corrected chi connectivity index (χ1v) is 12.7. The number of hydrogen-bond acceptors (Lipinski definition) is 4. The first-order valence-electron chi connectivity index (χ1n) is 10.9. The van der Waals surface area contributed by atoms with Crippen molar-refractivity contribution in [3.8, 4) is 0 Å². The van der Waals surface area contributed by atoms with Gasteiger partial charge >= 0.3 is 0 Å². The molecule has 9 heteroatoms. The largest absolute Gasteiger partial charge is 0.354 e. The fraction of sp³-hybridized carbons (Fsp3) is 0.417. The maximum Gasteiger partial charge on any atom is 0.244 e. The van der Waals surface area contributed by atoms with Gasteiger partial charge in [-0.3, -0.25) is 13.9 Å². The summed E-state index contributed by atoms with van der Waals surface area (Å²) in [6, 6.07) is 11.7. The Hall–Kier alpha value is -2.94. The van der Waals surface area contributed by atoms with E-state index in [4.69, 9.17) is 0 Å². The minimum atomic E-state index is -3.89. The average Bonchev–Trinajstić information content (AvgIpc) is 2.74. The molecule has 2 aromatic carbocycles. The number of sulfonamides is 1. The van der Waals surface area contributed by atoms with Gasteiger partial charge in [-0.05, 0) is 44.0 Å². The quantitative estimate of drug-likeness (QED) is 0.504. The van der Waals surface area contributed by atoms with Crippen LogP contribution < -0.4 is 9.62 Å². The summed E-state index contributed by atoms with van der Waals surface area (Å²) in [6.07, 6.45) is 2.68. The van der Waals surface area contributed by atoms with Crippen LogP contribution in [-0.4, -0.2) is 50.5 Å². The van der Waals surface area contributed by atoms with E-state index in [2.05, 4.69) is 5.32 Å². The molecule has 0 bridgehead atoms. The van der Waals surface area contributed by atoms with Crippen molar-refractivity contribution in [1.29, 1.82) is 0 Å². The van der Waals surface area contributed by atoms with Gasteiger partial charge in [0.05, 0.1) is 11.9 Å². The van der Waals surface area contributed by atoms with Gasteiger partial charge < -0.3 is 10.2 Å². The number of benzene rings is 2. The Morgan fingerprint density at radius 2 is 1.82 bits per heavy atom. The Balaban J connectivity index is 2.34. The highest BCUT2D eigenvalue weighted by Gasteiger charge is 2.30. The van der Waals surface area contributed by atoms with Crippen molar-refractivity contribution in [1.82, 2.24) is 10.2 Å². The fourth-order valence-electron chi connectivity index (χ4n) is 3.37. The first-order chi connectivity index (χ1) is 15.5. The molecule has 1 atom stereocenters. The van der Waals surface area contributed by atoms with Crippen LogP contribution in [0.2, 0.25) is 0 Å². The van der Waals surface area contributed by atoms with E-state index >= 15 is 0 Å². The number of rotatable bonds is 11. The van der Waals surface area contributed by atoms with E-state index < -0.39 is 34.3 Å². The molecule has 0 saturated carbocycles. The van der Waals surface area contributed by atoms with Crippen molar-refractivity contribution in [2.45, 2.75) is 46.2 Å². The molecule has 0 heterocycles. The van der Waals surface area contributed by atoms with E-state index in [-0.39, 0.29) is 18.1 Å². The molecular weight excluding hydrogens is 445 g/mol. The standard InChI is InChI=1S/C24H32FN3O4S/c1-5-6-13-26-24(30)19(3)27(16-20-10-7-9-18(2)14-20)23(29)17-28(33(4,31)32)22-12-8-11-21(25)15-22/h7-12,14-15,19H,5-6,13,16-17H2,1-4H3,(H,26,30)/t19-/m1/s1. The zero-order chi connectivity index (χ0) is 24.6. The SMILES string of the molecule is CCCCNC(=O)[C@@H](C)N(Cc1cccc(C)c1)C(=O)CN(c1cccc(F)c1)S(C)(=O)=O. The second-order valence-electron chi connectivity index (χ2n) is 8.08. The van der Waals surface area contributed by atoms with Gasteiger partial charge in [-0.2, -0.15) is 0 Å². The summed E-state index contributed by atoms with van der Waals surface area (Å²) in [5.74, 6) is -1.50. The van der Waals surface area contributed by atoms with E-state index in [1.807, 2.05) is 38.1 Å². The summed E-state index contributed by atoms with van der Waals surface area (Å²) in [4.78, 5) is 27.5. The molecule has 0 spiro atoms. The molecule has 0 saturated heterocycles. The smallest absolute Gasteiger partial charge is 0.244 e. The van der Waals surface area contributed by atoms with Gasteiger partial charge in [0, 0.05) is 13.1 Å². The summed E-state index contributed by atoms with van der Waals surface area (Å²) in [7, 11) is -3.89. The number of unbranched alkanes of at least 4 members (excludes halogenated alkanes) is 1. The Bertz CT molecular complexity index is 1070. The zero-order valence-electron chi connectivity index (χ0n) is 19.5. The summed E-state index contributed by atoms with van der Waals surface area (Å²) >= 11 is 0. The number of carbonyl (C=O) groups is 2. The Labute approximate surface area is 195 Å². The minimum Gasteiger partial charge on any atom is -0.354 e. The van der Waals surface area contributed by atoms with Crippen molar-refractivity contribution in [2.24, 2.45) is 0 Å². The molecule has 180 valence electrons. The fourth-order valence-corrected chi connectivity index (χ4v) is 4.21. The third kappa shape index (κ3) is 7.85. The molecule has 0 aliphatic heterocycles. The molecule has 33 heavy (non-hydrogen) atoms. The number of amides is 2. The average molecular weight is 478 g/mol. The molecule has 0 fully saturated rings. The van der Waals surface area contributed by atoms with Gasteiger partial charge in [0.2, 0.25) is 21.8 Å². The van der Waals surface area contributed by atoms with Crippen molar-refractivity contribution in [3.05, 3.63) is 65.5 Å². The summed E-state index contributed by atoms with van der Waals surface area (Å²) in [6.45, 7) is 5.61. The molecule has 0 aliphatic rings. The van der Waals surface area contributed by atoms with Gasteiger partial charge in [-0.1, -0.05) is 49.2 Å². The van der Waals surface area contributed by atoms with Crippen LogP contribution in [0.15, 0.2) is 48.5 Å². The first kappa shape index (κ1) is 26.3. The van der Waals surface area contributed by atoms with Gasteiger partial charge in [-0.25, -0.2) is 12.8 Å². The number of aryl methyl sites for hydroxylation is 1. The van der Waals surface area contributed by atoms with Crippen LogP contribution in [0.4, 0.5) is 10.1 Å². The van der Waals surface area contributed by atoms with E-state index in [1.54, 1.807) is 6.92 Å². The maximum absolute atomic E-state index is 13.7. The van der Waals surface area contributed by atoms with E-state index in [9.17, 15) is 22.4 Å². The predicted octanol–water partition coefficient (Wildman–Crippen LogP) is 3.23. The number of nitrogens with one attached hydrogen (secondary N) is 1. The van der Waals surface area contributed by atoms with Crippen molar-refractivity contribution in [2.75, 3.05) is 23.7 Å². The predicted molar refractivity (Wildman–Crippen MR) is 128 cm³/mol. The maximum atomic E-state index is 13.7. The third-order valence-corrected chi connectivity index (χ3v) is 6.35. The lowest BCUT2D eigenvalue weighted by atomic mass is 10.1. The number of hydrogen-bond donors (Lipinski definition) is 1. The van der Waals surface area contributed by atoms with E-state index in [0.717, 1.165) is 40.6 Å². The van der Waals surface area contributed by atoms with E-state index in [0.29, 0.717) is 6.54 Å². The van der Waals surface area contributed by atoms with Gasteiger partial charge in [0.1, 0.15) is 18.4 Å². The molecule has 2 rings (SSSR count). The highest BCUT2D eigenvalue weighted by molar-refractivity contribution is 7.92. The van der Waals surface area contributed by atoms with Gasteiger partial charge in [0.15, 0.2) is 0 Å². The molecule has 2 aromatic rings. The van der Waals surface area contributed by atoms with Crippen LogP contribution in [0.3, 0.4) is 0 Å². The number of carbonyl (C=O) groups excluding carboxylic acids is 2. The van der Waals surface area contributed by atoms with Crippen LogP contribution in [-0.2, 0) is 26.2 Å². The van der Waals surface area contributed by atoms with Crippen molar-refractivity contribution >= 4 is 27.5 Å². The monoisotopic (exact) mass is 477 g/mol. The van der Waals surface area contributed by atoms with E-state index in [1.165, 1.54) is 23.1 Å². The van der Waals surface area contributed by atoms with Gasteiger partial charge in [0.25, 0.3) is 0 Å². The Kier molecular flexibility index (Phi) is 9.40. The molecule has 0 aromatic heterocycles. The van der Waals surface area contributed by atoms with Crippen LogP contribution in [0.25, 0.3) is 0 Å². The van der Waals surface area contributed by atoms with Crippen LogP contribution in [0, 0.1) is 12.7 Å². The molecule has 0 aliphatic carbocycles.